The normalized spacial score (nSPS) is 11.1. The third-order valence-electron chi connectivity index (χ3n) is 2.53. The molecule has 0 amide bonds. The van der Waals surface area contributed by atoms with E-state index in [4.69, 9.17) is 0 Å². The predicted molar refractivity (Wildman–Crippen MR) is 74.3 cm³/mol. The van der Waals surface area contributed by atoms with Crippen molar-refractivity contribution >= 4 is 11.3 Å². The van der Waals surface area contributed by atoms with Crippen LogP contribution in [0, 0.1) is 6.92 Å². The van der Waals surface area contributed by atoms with Crippen molar-refractivity contribution in [2.24, 2.45) is 0 Å². The molecule has 1 N–H and O–H groups in total. The second-order valence-corrected chi connectivity index (χ2v) is 5.47. The Labute approximate surface area is 107 Å². The molecular weight excluding hydrogens is 228 g/mol. The minimum atomic E-state index is 0.501. The molecule has 0 fully saturated rings. The first-order valence-corrected chi connectivity index (χ1v) is 6.78. The minimum absolute atomic E-state index is 0.501. The van der Waals surface area contributed by atoms with Crippen molar-refractivity contribution in [1.29, 1.82) is 0 Å². The number of hydrogen-bond acceptors (Lipinski definition) is 3. The summed E-state index contributed by atoms with van der Waals surface area (Å²) in [5, 5.41) is 6.67. The van der Waals surface area contributed by atoms with Gasteiger partial charge >= 0.3 is 0 Å². The van der Waals surface area contributed by atoms with Crippen molar-refractivity contribution in [1.82, 2.24) is 10.3 Å². The molecule has 0 radical (unpaired) electrons. The number of nitrogens with one attached hydrogen (secondary N) is 1. The maximum Gasteiger partial charge on any atom is 0.107 e. The Morgan fingerprint density at radius 1 is 1.35 bits per heavy atom. The smallest absolute Gasteiger partial charge is 0.107 e. The molecule has 3 heteroatoms. The summed E-state index contributed by atoms with van der Waals surface area (Å²) in [4.78, 5) is 4.65. The number of hydrogen-bond donors (Lipinski definition) is 1. The third kappa shape index (κ3) is 3.38. The molecule has 0 aliphatic rings. The van der Waals surface area contributed by atoms with Gasteiger partial charge in [-0.3, -0.25) is 0 Å². The maximum atomic E-state index is 4.65. The molecular formula is C14H18N2S. The molecule has 90 valence electrons. The van der Waals surface area contributed by atoms with Gasteiger partial charge in [-0.2, -0.15) is 0 Å². The molecule has 1 aromatic carbocycles. The van der Waals surface area contributed by atoms with E-state index in [-0.39, 0.29) is 0 Å². The molecule has 0 unspecified atom stereocenters. The van der Waals surface area contributed by atoms with E-state index in [2.05, 4.69) is 60.7 Å². The zero-order chi connectivity index (χ0) is 12.3. The van der Waals surface area contributed by atoms with Gasteiger partial charge in [0, 0.05) is 23.5 Å². The summed E-state index contributed by atoms with van der Waals surface area (Å²) in [6.45, 7) is 7.26. The van der Waals surface area contributed by atoms with Crippen LogP contribution >= 0.6 is 11.3 Å². The van der Waals surface area contributed by atoms with Gasteiger partial charge in [-0.05, 0) is 13.0 Å². The molecule has 0 saturated heterocycles. The van der Waals surface area contributed by atoms with Crippen molar-refractivity contribution in [3.63, 3.8) is 0 Å². The fraction of sp³-hybridized carbons (Fsp3) is 0.357. The zero-order valence-electron chi connectivity index (χ0n) is 10.5. The quantitative estimate of drug-likeness (QED) is 0.891. The molecule has 2 aromatic rings. The van der Waals surface area contributed by atoms with Gasteiger partial charge in [-0.1, -0.05) is 37.6 Å². The van der Waals surface area contributed by atoms with E-state index in [1.165, 1.54) is 11.1 Å². The van der Waals surface area contributed by atoms with Crippen LogP contribution in [0.15, 0.2) is 29.6 Å². The zero-order valence-corrected chi connectivity index (χ0v) is 11.3. The van der Waals surface area contributed by atoms with E-state index in [1.54, 1.807) is 11.3 Å². The van der Waals surface area contributed by atoms with Gasteiger partial charge in [0.1, 0.15) is 5.01 Å². The summed E-state index contributed by atoms with van der Waals surface area (Å²) in [7, 11) is 0. The van der Waals surface area contributed by atoms with E-state index in [1.807, 2.05) is 0 Å². The SMILES string of the molecule is Cc1cccc(-c2csc(CNC(C)C)n2)c1. The molecule has 1 aromatic heterocycles. The van der Waals surface area contributed by atoms with Crippen LogP contribution in [0.4, 0.5) is 0 Å². The molecule has 0 aliphatic carbocycles. The van der Waals surface area contributed by atoms with Gasteiger partial charge in [0.15, 0.2) is 0 Å². The Hall–Kier alpha value is -1.19. The lowest BCUT2D eigenvalue weighted by Gasteiger charge is -2.04. The Morgan fingerprint density at radius 3 is 2.88 bits per heavy atom. The number of rotatable bonds is 4. The lowest BCUT2D eigenvalue weighted by Crippen LogP contribution is -2.21. The highest BCUT2D eigenvalue weighted by molar-refractivity contribution is 7.09. The first-order valence-electron chi connectivity index (χ1n) is 5.90. The standard InChI is InChI=1S/C14H18N2S/c1-10(2)15-8-14-16-13(9-17-14)12-6-4-5-11(3)7-12/h4-7,9-10,15H,8H2,1-3H3. The van der Waals surface area contributed by atoms with Crippen LogP contribution in [0.3, 0.4) is 0 Å². The molecule has 0 bridgehead atoms. The first kappa shape index (κ1) is 12.3. The van der Waals surface area contributed by atoms with Crippen LogP contribution in [0.5, 0.6) is 0 Å². The van der Waals surface area contributed by atoms with Gasteiger partial charge in [0.05, 0.1) is 5.69 Å². The Bertz CT molecular complexity index is 488. The molecule has 1 heterocycles. The summed E-state index contributed by atoms with van der Waals surface area (Å²) in [6, 6.07) is 8.98. The number of thiazole rings is 1. The molecule has 0 saturated carbocycles. The van der Waals surface area contributed by atoms with Gasteiger partial charge < -0.3 is 5.32 Å². The van der Waals surface area contributed by atoms with Crippen LogP contribution in [0.1, 0.15) is 24.4 Å². The lowest BCUT2D eigenvalue weighted by molar-refractivity contribution is 0.587. The van der Waals surface area contributed by atoms with Crippen molar-refractivity contribution < 1.29 is 0 Å². The average molecular weight is 246 g/mol. The van der Waals surface area contributed by atoms with Crippen molar-refractivity contribution in [3.05, 3.63) is 40.2 Å². The van der Waals surface area contributed by atoms with Gasteiger partial charge in [0.2, 0.25) is 0 Å². The highest BCUT2D eigenvalue weighted by Crippen LogP contribution is 2.22. The van der Waals surface area contributed by atoms with Gasteiger partial charge in [-0.25, -0.2) is 4.98 Å². The van der Waals surface area contributed by atoms with Crippen molar-refractivity contribution in [3.8, 4) is 11.3 Å². The molecule has 0 spiro atoms. The van der Waals surface area contributed by atoms with Crippen LogP contribution in [0.25, 0.3) is 11.3 Å². The number of nitrogens with zero attached hydrogens (tertiary/aromatic N) is 1. The second-order valence-electron chi connectivity index (χ2n) is 4.53. The molecule has 0 aliphatic heterocycles. The summed E-state index contributed by atoms with van der Waals surface area (Å²) in [6.07, 6.45) is 0. The summed E-state index contributed by atoms with van der Waals surface area (Å²) in [5.74, 6) is 0. The largest absolute Gasteiger partial charge is 0.308 e. The number of aromatic nitrogens is 1. The van der Waals surface area contributed by atoms with E-state index in [0.29, 0.717) is 6.04 Å². The van der Waals surface area contributed by atoms with Gasteiger partial charge in [-0.15, -0.1) is 11.3 Å². The van der Waals surface area contributed by atoms with Crippen LogP contribution in [-0.4, -0.2) is 11.0 Å². The Balaban J connectivity index is 2.12. The number of aryl methyl sites for hydroxylation is 1. The van der Waals surface area contributed by atoms with E-state index in [9.17, 15) is 0 Å². The lowest BCUT2D eigenvalue weighted by atomic mass is 10.1. The topological polar surface area (TPSA) is 24.9 Å². The predicted octanol–water partition coefficient (Wildman–Crippen LogP) is 3.62. The molecule has 2 rings (SSSR count). The maximum absolute atomic E-state index is 4.65. The second kappa shape index (κ2) is 5.43. The summed E-state index contributed by atoms with van der Waals surface area (Å²) in [5.41, 5.74) is 3.56. The fourth-order valence-electron chi connectivity index (χ4n) is 1.62. The highest BCUT2D eigenvalue weighted by atomic mass is 32.1. The number of benzene rings is 1. The van der Waals surface area contributed by atoms with Crippen molar-refractivity contribution in [2.75, 3.05) is 0 Å². The molecule has 0 atom stereocenters. The van der Waals surface area contributed by atoms with Crippen molar-refractivity contribution in [2.45, 2.75) is 33.4 Å². The fourth-order valence-corrected chi connectivity index (χ4v) is 2.37. The van der Waals surface area contributed by atoms with E-state index >= 15 is 0 Å². The van der Waals surface area contributed by atoms with Crippen LogP contribution < -0.4 is 5.32 Å². The minimum Gasteiger partial charge on any atom is -0.308 e. The first-order chi connectivity index (χ1) is 8.15. The Morgan fingerprint density at radius 2 is 2.18 bits per heavy atom. The summed E-state index contributed by atoms with van der Waals surface area (Å²) >= 11 is 1.72. The average Bonchev–Trinajstić information content (AvgIpc) is 2.75. The highest BCUT2D eigenvalue weighted by Gasteiger charge is 2.04. The third-order valence-corrected chi connectivity index (χ3v) is 3.38. The Kier molecular flexibility index (Phi) is 3.92. The van der Waals surface area contributed by atoms with E-state index < -0.39 is 0 Å². The van der Waals surface area contributed by atoms with Crippen LogP contribution in [0.2, 0.25) is 0 Å². The summed E-state index contributed by atoms with van der Waals surface area (Å²) < 4.78 is 0. The molecule has 17 heavy (non-hydrogen) atoms. The van der Waals surface area contributed by atoms with Gasteiger partial charge in [0.25, 0.3) is 0 Å². The van der Waals surface area contributed by atoms with Crippen LogP contribution in [-0.2, 0) is 6.54 Å². The molecule has 2 nitrogen and oxygen atoms in total. The monoisotopic (exact) mass is 246 g/mol. The van der Waals surface area contributed by atoms with E-state index in [0.717, 1.165) is 17.2 Å².